The topological polar surface area (TPSA) is 37.3 Å². The molecule has 0 aliphatic rings. The zero-order chi connectivity index (χ0) is 10.7. The van der Waals surface area contributed by atoms with E-state index in [1.165, 1.54) is 4.88 Å². The quantitative estimate of drug-likeness (QED) is 0.915. The summed E-state index contributed by atoms with van der Waals surface area (Å²) in [6.07, 6.45) is 0.837. The van der Waals surface area contributed by atoms with Gasteiger partial charge in [0.15, 0.2) is 0 Å². The smallest absolute Gasteiger partial charge is 0.306 e. The molecule has 0 aliphatic carbocycles. The Morgan fingerprint density at radius 2 is 2.29 bits per heavy atom. The van der Waals surface area contributed by atoms with Gasteiger partial charge in [-0.15, -0.1) is 11.3 Å². The van der Waals surface area contributed by atoms with Crippen LogP contribution in [0.5, 0.6) is 0 Å². The molecule has 1 N–H and O–H groups in total. The van der Waals surface area contributed by atoms with Crippen LogP contribution in [0.15, 0.2) is 15.9 Å². The SMILES string of the molecule is CC(Cc1cc(Br)cs1)C(C)C(=O)O. The number of rotatable bonds is 4. The second kappa shape index (κ2) is 4.94. The first-order chi connectivity index (χ1) is 6.50. The molecular formula is C10H13BrO2S. The average molecular weight is 277 g/mol. The van der Waals surface area contributed by atoms with E-state index in [9.17, 15) is 4.79 Å². The summed E-state index contributed by atoms with van der Waals surface area (Å²) in [6.45, 7) is 3.74. The molecule has 0 radical (unpaired) electrons. The Balaban J connectivity index is 2.56. The van der Waals surface area contributed by atoms with E-state index in [2.05, 4.69) is 22.0 Å². The lowest BCUT2D eigenvalue weighted by Gasteiger charge is -2.14. The third kappa shape index (κ3) is 3.10. The second-order valence-corrected chi connectivity index (χ2v) is 5.45. The van der Waals surface area contributed by atoms with E-state index in [4.69, 9.17) is 5.11 Å². The first-order valence-corrected chi connectivity index (χ1v) is 6.13. The Bertz CT molecular complexity index is 322. The average Bonchev–Trinajstić information content (AvgIpc) is 2.49. The number of carboxylic acids is 1. The first-order valence-electron chi connectivity index (χ1n) is 4.46. The molecule has 1 heterocycles. The Morgan fingerprint density at radius 3 is 2.71 bits per heavy atom. The maximum Gasteiger partial charge on any atom is 0.306 e. The lowest BCUT2D eigenvalue weighted by molar-refractivity contribution is -0.142. The van der Waals surface area contributed by atoms with Crippen molar-refractivity contribution in [2.24, 2.45) is 11.8 Å². The lowest BCUT2D eigenvalue weighted by Crippen LogP contribution is -2.19. The molecule has 0 fully saturated rings. The minimum absolute atomic E-state index is 0.179. The van der Waals surface area contributed by atoms with Crippen molar-refractivity contribution in [3.63, 3.8) is 0 Å². The Labute approximate surface area is 96.1 Å². The van der Waals surface area contributed by atoms with Crippen LogP contribution in [0.25, 0.3) is 0 Å². The van der Waals surface area contributed by atoms with E-state index < -0.39 is 5.97 Å². The monoisotopic (exact) mass is 276 g/mol. The molecule has 0 saturated carbocycles. The molecule has 0 aliphatic heterocycles. The van der Waals surface area contributed by atoms with Crippen LogP contribution < -0.4 is 0 Å². The number of hydrogen-bond acceptors (Lipinski definition) is 2. The lowest BCUT2D eigenvalue weighted by atomic mass is 9.92. The van der Waals surface area contributed by atoms with Crippen LogP contribution in [0, 0.1) is 11.8 Å². The van der Waals surface area contributed by atoms with Gasteiger partial charge in [0.2, 0.25) is 0 Å². The van der Waals surface area contributed by atoms with Crippen LogP contribution in [0.2, 0.25) is 0 Å². The van der Waals surface area contributed by atoms with Crippen molar-refractivity contribution in [3.05, 3.63) is 20.8 Å². The molecule has 0 amide bonds. The molecule has 2 nitrogen and oxygen atoms in total. The number of thiophene rings is 1. The predicted octanol–water partition coefficient (Wildman–Crippen LogP) is 3.41. The van der Waals surface area contributed by atoms with Gasteiger partial charge in [-0.3, -0.25) is 4.79 Å². The van der Waals surface area contributed by atoms with Crippen molar-refractivity contribution < 1.29 is 9.90 Å². The zero-order valence-electron chi connectivity index (χ0n) is 8.16. The summed E-state index contributed by atoms with van der Waals surface area (Å²) in [6, 6.07) is 2.05. The molecule has 0 aromatic carbocycles. The molecule has 0 spiro atoms. The highest BCUT2D eigenvalue weighted by molar-refractivity contribution is 9.10. The van der Waals surface area contributed by atoms with Crippen LogP contribution in [-0.2, 0) is 11.2 Å². The summed E-state index contributed by atoms with van der Waals surface area (Å²) in [5.74, 6) is -0.818. The Hall–Kier alpha value is -0.350. The molecule has 1 aromatic heterocycles. The largest absolute Gasteiger partial charge is 0.481 e. The third-order valence-corrected chi connectivity index (χ3v) is 4.11. The summed E-state index contributed by atoms with van der Waals surface area (Å²) >= 11 is 5.05. The van der Waals surface area contributed by atoms with Crippen LogP contribution >= 0.6 is 27.3 Å². The molecule has 2 unspecified atom stereocenters. The molecule has 14 heavy (non-hydrogen) atoms. The van der Waals surface area contributed by atoms with Gasteiger partial charge < -0.3 is 5.11 Å². The van der Waals surface area contributed by atoms with E-state index >= 15 is 0 Å². The number of aliphatic carboxylic acids is 1. The van der Waals surface area contributed by atoms with Crippen molar-refractivity contribution in [2.75, 3.05) is 0 Å². The van der Waals surface area contributed by atoms with Gasteiger partial charge in [-0.1, -0.05) is 13.8 Å². The molecule has 0 bridgehead atoms. The van der Waals surface area contributed by atoms with Gasteiger partial charge in [-0.2, -0.15) is 0 Å². The standard InChI is InChI=1S/C10H13BrO2S/c1-6(7(2)10(12)13)3-9-4-8(11)5-14-9/h4-7H,3H2,1-2H3,(H,12,13). The Morgan fingerprint density at radius 1 is 1.64 bits per heavy atom. The molecule has 2 atom stereocenters. The molecule has 1 aromatic rings. The van der Waals surface area contributed by atoms with Gasteiger partial charge in [0.1, 0.15) is 0 Å². The van der Waals surface area contributed by atoms with E-state index in [1.54, 1.807) is 18.3 Å². The van der Waals surface area contributed by atoms with Gasteiger partial charge in [0.25, 0.3) is 0 Å². The highest BCUT2D eigenvalue weighted by Gasteiger charge is 2.19. The fourth-order valence-corrected chi connectivity index (χ4v) is 2.79. The normalized spacial score (nSPS) is 15.1. The summed E-state index contributed by atoms with van der Waals surface area (Å²) in [5.41, 5.74) is 0. The van der Waals surface area contributed by atoms with E-state index in [-0.39, 0.29) is 11.8 Å². The fraction of sp³-hybridized carbons (Fsp3) is 0.500. The van der Waals surface area contributed by atoms with Gasteiger partial charge in [0.05, 0.1) is 5.92 Å². The van der Waals surface area contributed by atoms with Crippen LogP contribution in [-0.4, -0.2) is 11.1 Å². The third-order valence-electron chi connectivity index (χ3n) is 2.39. The number of carboxylic acid groups (broad SMARTS) is 1. The molecule has 78 valence electrons. The molecule has 0 saturated heterocycles. The van der Waals surface area contributed by atoms with Gasteiger partial charge in [0, 0.05) is 14.7 Å². The van der Waals surface area contributed by atoms with E-state index in [0.717, 1.165) is 10.9 Å². The minimum atomic E-state index is -0.715. The first kappa shape index (κ1) is 11.7. The molecular weight excluding hydrogens is 264 g/mol. The summed E-state index contributed by atoms with van der Waals surface area (Å²) in [7, 11) is 0. The zero-order valence-corrected chi connectivity index (χ0v) is 10.6. The van der Waals surface area contributed by atoms with Crippen molar-refractivity contribution in [2.45, 2.75) is 20.3 Å². The summed E-state index contributed by atoms with van der Waals surface area (Å²) in [4.78, 5) is 12.0. The van der Waals surface area contributed by atoms with Gasteiger partial charge in [-0.05, 0) is 34.3 Å². The maximum atomic E-state index is 10.7. The van der Waals surface area contributed by atoms with Crippen molar-refractivity contribution >= 4 is 33.2 Å². The fourth-order valence-electron chi connectivity index (χ4n) is 1.20. The second-order valence-electron chi connectivity index (χ2n) is 3.54. The number of halogens is 1. The summed E-state index contributed by atoms with van der Waals surface area (Å²) < 4.78 is 1.08. The van der Waals surface area contributed by atoms with E-state index in [1.807, 2.05) is 12.3 Å². The maximum absolute atomic E-state index is 10.7. The predicted molar refractivity (Wildman–Crippen MR) is 61.7 cm³/mol. The van der Waals surface area contributed by atoms with E-state index in [0.29, 0.717) is 0 Å². The number of hydrogen-bond donors (Lipinski definition) is 1. The van der Waals surface area contributed by atoms with Crippen LogP contribution in [0.4, 0.5) is 0 Å². The Kier molecular flexibility index (Phi) is 4.13. The van der Waals surface area contributed by atoms with Gasteiger partial charge >= 0.3 is 5.97 Å². The minimum Gasteiger partial charge on any atom is -0.481 e. The van der Waals surface area contributed by atoms with Gasteiger partial charge in [-0.25, -0.2) is 0 Å². The summed E-state index contributed by atoms with van der Waals surface area (Å²) in [5, 5.41) is 10.9. The molecule has 1 rings (SSSR count). The number of carbonyl (C=O) groups is 1. The van der Waals surface area contributed by atoms with Crippen LogP contribution in [0.3, 0.4) is 0 Å². The van der Waals surface area contributed by atoms with Crippen molar-refractivity contribution in [1.82, 2.24) is 0 Å². The van der Waals surface area contributed by atoms with Crippen molar-refractivity contribution in [3.8, 4) is 0 Å². The van der Waals surface area contributed by atoms with Crippen LogP contribution in [0.1, 0.15) is 18.7 Å². The highest BCUT2D eigenvalue weighted by atomic mass is 79.9. The highest BCUT2D eigenvalue weighted by Crippen LogP contribution is 2.25. The van der Waals surface area contributed by atoms with Crippen molar-refractivity contribution in [1.29, 1.82) is 0 Å². The molecule has 4 heteroatoms.